The lowest BCUT2D eigenvalue weighted by Gasteiger charge is -2.35. The van der Waals surface area contributed by atoms with E-state index in [1.54, 1.807) is 30.0 Å². The molecule has 0 aliphatic carbocycles. The molecule has 0 saturated carbocycles. The average molecular weight is 439 g/mol. The molecule has 2 aliphatic heterocycles. The predicted molar refractivity (Wildman–Crippen MR) is 117 cm³/mol. The number of carbonyl (C=O) groups is 1. The summed E-state index contributed by atoms with van der Waals surface area (Å²) in [6, 6.07) is 6.08. The summed E-state index contributed by atoms with van der Waals surface area (Å²) < 4.78 is 20.0. The number of nitrogen functional groups attached to an aromatic ring is 1. The minimum atomic E-state index is -0.534. The van der Waals surface area contributed by atoms with Crippen molar-refractivity contribution in [2.45, 2.75) is 31.9 Å². The Morgan fingerprint density at radius 1 is 1.25 bits per heavy atom. The molecule has 0 radical (unpaired) electrons. The lowest BCUT2D eigenvalue weighted by molar-refractivity contribution is 0.162. The molecule has 2 aliphatic rings. The van der Waals surface area contributed by atoms with Gasteiger partial charge in [0.2, 0.25) is 0 Å². The van der Waals surface area contributed by atoms with Crippen LogP contribution in [0, 0.1) is 17.1 Å². The van der Waals surface area contributed by atoms with Gasteiger partial charge in [-0.05, 0) is 18.2 Å². The first-order valence-electron chi connectivity index (χ1n) is 10.6. The Bertz CT molecular complexity index is 1060. The number of nitriles is 1. The van der Waals surface area contributed by atoms with Crippen LogP contribution in [0.3, 0.4) is 0 Å². The van der Waals surface area contributed by atoms with Crippen LogP contribution >= 0.6 is 0 Å². The first-order chi connectivity index (χ1) is 15.4. The van der Waals surface area contributed by atoms with Crippen LogP contribution in [0.1, 0.15) is 29.8 Å². The van der Waals surface area contributed by atoms with Crippen LogP contribution in [0.5, 0.6) is 5.75 Å². The summed E-state index contributed by atoms with van der Waals surface area (Å²) in [5, 5.41) is 8.87. The number of benzene rings is 1. The standard InChI is InChI=1S/C22H26FN7O2/c1-28(2)22(31)30-10-7-17-18(13-30)27-21(20(25)26-17)29-8-5-15(6-9-29)32-19-4-3-14(12-24)11-16(19)23/h3-4,11,15H,5-10,13H2,1-2H3,(H2,25,26). The number of urea groups is 1. The quantitative estimate of drug-likeness (QED) is 0.780. The van der Waals surface area contributed by atoms with E-state index in [0.717, 1.165) is 11.4 Å². The van der Waals surface area contributed by atoms with Crippen molar-refractivity contribution >= 4 is 17.7 Å². The van der Waals surface area contributed by atoms with Crippen LogP contribution in [-0.4, -0.2) is 65.6 Å². The average Bonchev–Trinajstić information content (AvgIpc) is 2.79. The van der Waals surface area contributed by atoms with Gasteiger partial charge in [0.05, 0.1) is 29.6 Å². The molecular formula is C22H26FN7O2. The molecule has 168 valence electrons. The summed E-state index contributed by atoms with van der Waals surface area (Å²) in [6.45, 7) is 2.28. The normalized spacial score (nSPS) is 16.3. The van der Waals surface area contributed by atoms with Gasteiger partial charge in [-0.15, -0.1) is 0 Å². The number of piperidine rings is 1. The number of amides is 2. The molecule has 1 fully saturated rings. The molecule has 3 heterocycles. The number of rotatable bonds is 3. The van der Waals surface area contributed by atoms with E-state index in [9.17, 15) is 9.18 Å². The van der Waals surface area contributed by atoms with E-state index in [4.69, 9.17) is 20.7 Å². The maximum atomic E-state index is 14.1. The highest BCUT2D eigenvalue weighted by atomic mass is 19.1. The van der Waals surface area contributed by atoms with Crippen molar-refractivity contribution < 1.29 is 13.9 Å². The van der Waals surface area contributed by atoms with Crippen LogP contribution in [0.4, 0.5) is 20.8 Å². The Morgan fingerprint density at radius 3 is 2.66 bits per heavy atom. The van der Waals surface area contributed by atoms with Gasteiger partial charge in [0.15, 0.2) is 23.2 Å². The van der Waals surface area contributed by atoms with Gasteiger partial charge in [-0.1, -0.05) is 0 Å². The molecule has 2 amide bonds. The molecular weight excluding hydrogens is 413 g/mol. The minimum Gasteiger partial charge on any atom is -0.487 e. The third-order valence-electron chi connectivity index (χ3n) is 5.77. The third-order valence-corrected chi connectivity index (χ3v) is 5.77. The van der Waals surface area contributed by atoms with Crippen molar-refractivity contribution in [3.8, 4) is 11.8 Å². The van der Waals surface area contributed by atoms with Gasteiger partial charge in [-0.2, -0.15) is 5.26 Å². The first-order valence-corrected chi connectivity index (χ1v) is 10.6. The lowest BCUT2D eigenvalue weighted by atomic mass is 10.1. The first kappa shape index (κ1) is 21.6. The summed E-state index contributed by atoms with van der Waals surface area (Å²) >= 11 is 0. The third kappa shape index (κ3) is 4.37. The highest BCUT2D eigenvalue weighted by molar-refractivity contribution is 5.74. The van der Waals surface area contributed by atoms with Crippen molar-refractivity contribution in [3.63, 3.8) is 0 Å². The molecule has 1 aromatic heterocycles. The SMILES string of the molecule is CN(C)C(=O)N1CCc2nc(N)c(N3CCC(Oc4ccc(C#N)cc4F)CC3)nc2C1. The molecule has 0 unspecified atom stereocenters. The Morgan fingerprint density at radius 2 is 2.00 bits per heavy atom. The number of fused-ring (bicyclic) bond motifs is 1. The van der Waals surface area contributed by atoms with Gasteiger partial charge in [0, 0.05) is 53.0 Å². The monoisotopic (exact) mass is 439 g/mol. The number of hydrogen-bond donors (Lipinski definition) is 1. The summed E-state index contributed by atoms with van der Waals surface area (Å²) in [5.74, 6) is 0.619. The smallest absolute Gasteiger partial charge is 0.319 e. The Kier molecular flexibility index (Phi) is 5.99. The van der Waals surface area contributed by atoms with Gasteiger partial charge >= 0.3 is 6.03 Å². The number of aromatic nitrogens is 2. The van der Waals surface area contributed by atoms with E-state index in [1.165, 1.54) is 12.1 Å². The second-order valence-corrected chi connectivity index (χ2v) is 8.24. The zero-order chi connectivity index (χ0) is 22.8. The summed E-state index contributed by atoms with van der Waals surface area (Å²) in [6.07, 6.45) is 1.82. The summed E-state index contributed by atoms with van der Waals surface area (Å²) in [5.41, 5.74) is 8.08. The zero-order valence-corrected chi connectivity index (χ0v) is 18.2. The second-order valence-electron chi connectivity index (χ2n) is 8.24. The number of ether oxygens (including phenoxy) is 1. The van der Waals surface area contributed by atoms with E-state index in [2.05, 4.69) is 9.88 Å². The Balaban J connectivity index is 1.42. The minimum absolute atomic E-state index is 0.0520. The zero-order valence-electron chi connectivity index (χ0n) is 18.2. The number of hydrogen-bond acceptors (Lipinski definition) is 7. The van der Waals surface area contributed by atoms with Crippen LogP contribution in [0.25, 0.3) is 0 Å². The van der Waals surface area contributed by atoms with E-state index in [0.29, 0.717) is 57.1 Å². The maximum absolute atomic E-state index is 14.1. The predicted octanol–water partition coefficient (Wildman–Crippen LogP) is 2.16. The van der Waals surface area contributed by atoms with Gasteiger partial charge in [0.25, 0.3) is 0 Å². The maximum Gasteiger partial charge on any atom is 0.319 e. The Labute approximate surface area is 186 Å². The fraction of sp³-hybridized carbons (Fsp3) is 0.455. The van der Waals surface area contributed by atoms with Gasteiger partial charge in [-0.3, -0.25) is 0 Å². The van der Waals surface area contributed by atoms with Crippen LogP contribution < -0.4 is 15.4 Å². The second kappa shape index (κ2) is 8.86. The summed E-state index contributed by atoms with van der Waals surface area (Å²) in [7, 11) is 3.46. The van der Waals surface area contributed by atoms with Crippen LogP contribution in [0.2, 0.25) is 0 Å². The van der Waals surface area contributed by atoms with Crippen LogP contribution in [-0.2, 0) is 13.0 Å². The van der Waals surface area contributed by atoms with Crippen LogP contribution in [0.15, 0.2) is 18.2 Å². The molecule has 4 rings (SSSR count). The number of carbonyl (C=O) groups excluding carboxylic acids is 1. The molecule has 9 nitrogen and oxygen atoms in total. The molecule has 32 heavy (non-hydrogen) atoms. The van der Waals surface area contributed by atoms with E-state index < -0.39 is 5.82 Å². The lowest BCUT2D eigenvalue weighted by Crippen LogP contribution is -2.43. The van der Waals surface area contributed by atoms with Crippen molar-refractivity contribution in [1.29, 1.82) is 5.26 Å². The van der Waals surface area contributed by atoms with Gasteiger partial charge in [0.1, 0.15) is 6.10 Å². The molecule has 1 aromatic carbocycles. The van der Waals surface area contributed by atoms with Gasteiger partial charge < -0.3 is 25.2 Å². The van der Waals surface area contributed by atoms with Crippen molar-refractivity contribution in [1.82, 2.24) is 19.8 Å². The fourth-order valence-corrected chi connectivity index (χ4v) is 4.05. The van der Waals surface area contributed by atoms with E-state index in [-0.39, 0.29) is 23.4 Å². The molecule has 2 N–H and O–H groups in total. The largest absolute Gasteiger partial charge is 0.487 e. The van der Waals surface area contributed by atoms with Gasteiger partial charge in [-0.25, -0.2) is 19.2 Å². The number of anilines is 2. The topological polar surface area (TPSA) is 112 Å². The molecule has 1 saturated heterocycles. The molecule has 0 atom stereocenters. The Hall–Kier alpha value is -3.61. The molecule has 2 aromatic rings. The van der Waals surface area contributed by atoms with Crippen molar-refractivity contribution in [2.75, 3.05) is 44.4 Å². The van der Waals surface area contributed by atoms with E-state index in [1.807, 2.05) is 6.07 Å². The van der Waals surface area contributed by atoms with E-state index >= 15 is 0 Å². The summed E-state index contributed by atoms with van der Waals surface area (Å²) in [4.78, 5) is 27.0. The highest BCUT2D eigenvalue weighted by Crippen LogP contribution is 2.29. The highest BCUT2D eigenvalue weighted by Gasteiger charge is 2.28. The molecule has 10 heteroatoms. The number of nitrogens with two attached hydrogens (primary N) is 1. The molecule has 0 bridgehead atoms. The number of nitrogens with zero attached hydrogens (tertiary/aromatic N) is 6. The van der Waals surface area contributed by atoms with Crippen molar-refractivity contribution in [3.05, 3.63) is 41.0 Å². The number of halogens is 1. The molecule has 0 spiro atoms. The fourth-order valence-electron chi connectivity index (χ4n) is 4.05. The van der Waals surface area contributed by atoms with Crippen molar-refractivity contribution in [2.24, 2.45) is 0 Å².